The van der Waals surface area contributed by atoms with Crippen LogP contribution in [0.15, 0.2) is 42.5 Å². The second-order valence-corrected chi connectivity index (χ2v) is 4.65. The van der Waals surface area contributed by atoms with Gasteiger partial charge in [0.1, 0.15) is 0 Å². The Bertz CT molecular complexity index is 717. The standard InChI is InChI=1S/C17H16/c1-3-6-14-11-15-9-4-7-13-8-5-10-16(12(14)2)17(13)15/h4-5,7-11H,2-3,6H2,1H3. The van der Waals surface area contributed by atoms with E-state index < -0.39 is 0 Å². The van der Waals surface area contributed by atoms with Crippen molar-refractivity contribution in [1.82, 2.24) is 0 Å². The molecule has 0 saturated heterocycles. The molecule has 0 atom stereocenters. The zero-order chi connectivity index (χ0) is 11.8. The van der Waals surface area contributed by atoms with Gasteiger partial charge in [-0.1, -0.05) is 62.4 Å². The van der Waals surface area contributed by atoms with Crippen LogP contribution in [0.5, 0.6) is 0 Å². The summed E-state index contributed by atoms with van der Waals surface area (Å²) in [5, 5.41) is 6.53. The number of benzene rings is 3. The van der Waals surface area contributed by atoms with Crippen LogP contribution >= 0.6 is 0 Å². The Balaban J connectivity index is 2.52. The Hall–Kier alpha value is -1.82. The Morgan fingerprint density at radius 2 is 1.71 bits per heavy atom. The maximum absolute atomic E-state index is 4.27. The van der Waals surface area contributed by atoms with E-state index in [4.69, 9.17) is 0 Å². The molecule has 0 bridgehead atoms. The lowest BCUT2D eigenvalue weighted by Gasteiger charge is -2.09. The van der Waals surface area contributed by atoms with Crippen LogP contribution in [0.1, 0.15) is 18.9 Å². The predicted molar refractivity (Wildman–Crippen MR) is 76.2 cm³/mol. The topological polar surface area (TPSA) is 0 Å². The van der Waals surface area contributed by atoms with Crippen LogP contribution in [0.4, 0.5) is 0 Å². The van der Waals surface area contributed by atoms with Crippen LogP contribution in [0, 0.1) is 0 Å². The molecule has 0 aromatic heterocycles. The molecular weight excluding hydrogens is 204 g/mol. The molecule has 0 unspecified atom stereocenters. The van der Waals surface area contributed by atoms with Gasteiger partial charge in [0.15, 0.2) is 0 Å². The van der Waals surface area contributed by atoms with Crippen molar-refractivity contribution in [2.75, 3.05) is 0 Å². The van der Waals surface area contributed by atoms with Crippen molar-refractivity contribution in [3.8, 4) is 0 Å². The minimum atomic E-state index is 1.11. The van der Waals surface area contributed by atoms with E-state index in [1.54, 1.807) is 0 Å². The van der Waals surface area contributed by atoms with Gasteiger partial charge >= 0.3 is 0 Å². The first-order valence-electron chi connectivity index (χ1n) is 6.23. The van der Waals surface area contributed by atoms with E-state index in [1.165, 1.54) is 38.7 Å². The Morgan fingerprint density at radius 3 is 2.47 bits per heavy atom. The highest BCUT2D eigenvalue weighted by Crippen LogP contribution is 2.25. The van der Waals surface area contributed by atoms with Crippen molar-refractivity contribution < 1.29 is 0 Å². The van der Waals surface area contributed by atoms with E-state index in [-0.39, 0.29) is 0 Å². The van der Waals surface area contributed by atoms with Gasteiger partial charge in [-0.15, -0.1) is 0 Å². The largest absolute Gasteiger partial charge is 0.0909 e. The van der Waals surface area contributed by atoms with Crippen LogP contribution in [0.3, 0.4) is 0 Å². The Kier molecular flexibility index (Phi) is 2.36. The van der Waals surface area contributed by atoms with Gasteiger partial charge in [0, 0.05) is 0 Å². The third-order valence-corrected chi connectivity index (χ3v) is 3.50. The average molecular weight is 220 g/mol. The van der Waals surface area contributed by atoms with Gasteiger partial charge in [0.2, 0.25) is 0 Å². The molecule has 0 radical (unpaired) electrons. The first-order valence-corrected chi connectivity index (χ1v) is 6.23. The number of hydrogen-bond donors (Lipinski definition) is 0. The summed E-state index contributed by atoms with van der Waals surface area (Å²) in [4.78, 5) is 0. The summed E-state index contributed by atoms with van der Waals surface area (Å²) in [6.45, 7) is 6.49. The summed E-state index contributed by atoms with van der Waals surface area (Å²) < 4.78 is 0. The monoisotopic (exact) mass is 220 g/mol. The van der Waals surface area contributed by atoms with Crippen molar-refractivity contribution in [2.45, 2.75) is 19.8 Å². The maximum atomic E-state index is 4.27. The molecule has 0 aliphatic carbocycles. The fourth-order valence-corrected chi connectivity index (χ4v) is 2.68. The zero-order valence-corrected chi connectivity index (χ0v) is 10.2. The Morgan fingerprint density at radius 1 is 1.00 bits per heavy atom. The highest BCUT2D eigenvalue weighted by Gasteiger charge is 2.05. The van der Waals surface area contributed by atoms with E-state index >= 15 is 0 Å². The van der Waals surface area contributed by atoms with E-state index in [0.29, 0.717) is 0 Å². The SMILES string of the molecule is C=c1c(CCC)cc2cccc3cccc1c32. The van der Waals surface area contributed by atoms with Crippen molar-refractivity contribution in [2.24, 2.45) is 0 Å². The van der Waals surface area contributed by atoms with Gasteiger partial charge < -0.3 is 0 Å². The summed E-state index contributed by atoms with van der Waals surface area (Å²) in [6, 6.07) is 15.3. The van der Waals surface area contributed by atoms with Gasteiger partial charge in [-0.25, -0.2) is 0 Å². The molecule has 0 fully saturated rings. The molecule has 0 aliphatic heterocycles. The van der Waals surface area contributed by atoms with Crippen molar-refractivity contribution in [1.29, 1.82) is 0 Å². The van der Waals surface area contributed by atoms with Crippen LogP contribution in [0.2, 0.25) is 0 Å². The average Bonchev–Trinajstić information content (AvgIpc) is 2.36. The molecule has 84 valence electrons. The van der Waals surface area contributed by atoms with Gasteiger partial charge in [-0.05, 0) is 38.7 Å². The molecule has 3 aromatic carbocycles. The highest BCUT2D eigenvalue weighted by molar-refractivity contribution is 6.10. The smallest absolute Gasteiger partial charge is 0.00329 e. The molecule has 3 aromatic rings. The molecule has 0 amide bonds. The second kappa shape index (κ2) is 3.89. The first-order chi connectivity index (χ1) is 8.31. The van der Waals surface area contributed by atoms with Crippen LogP contribution < -0.4 is 5.22 Å². The fourth-order valence-electron chi connectivity index (χ4n) is 2.68. The minimum Gasteiger partial charge on any atom is -0.0909 e. The van der Waals surface area contributed by atoms with E-state index in [1.807, 2.05) is 0 Å². The number of hydrogen-bond acceptors (Lipinski definition) is 0. The lowest BCUT2D eigenvalue weighted by atomic mass is 9.95. The number of rotatable bonds is 2. The predicted octanol–water partition coefficient (Wildman–Crippen LogP) is 4.07. The van der Waals surface area contributed by atoms with E-state index in [9.17, 15) is 0 Å². The highest BCUT2D eigenvalue weighted by atomic mass is 14.1. The maximum Gasteiger partial charge on any atom is -0.00329 e. The van der Waals surface area contributed by atoms with Crippen molar-refractivity contribution in [3.05, 3.63) is 53.2 Å². The molecule has 0 nitrogen and oxygen atoms in total. The molecule has 0 aliphatic rings. The van der Waals surface area contributed by atoms with Crippen LogP contribution in [-0.4, -0.2) is 0 Å². The lowest BCUT2D eigenvalue weighted by molar-refractivity contribution is 0.919. The van der Waals surface area contributed by atoms with E-state index in [0.717, 1.165) is 6.42 Å². The second-order valence-electron chi connectivity index (χ2n) is 4.65. The first kappa shape index (κ1) is 10.3. The van der Waals surface area contributed by atoms with Gasteiger partial charge in [-0.2, -0.15) is 0 Å². The van der Waals surface area contributed by atoms with Crippen molar-refractivity contribution >= 4 is 28.1 Å². The summed E-state index contributed by atoms with van der Waals surface area (Å²) >= 11 is 0. The lowest BCUT2D eigenvalue weighted by Crippen LogP contribution is -2.08. The third-order valence-electron chi connectivity index (χ3n) is 3.50. The quantitative estimate of drug-likeness (QED) is 0.610. The van der Waals surface area contributed by atoms with Gasteiger partial charge in [0.25, 0.3) is 0 Å². The normalized spacial score (nSPS) is 11.4. The zero-order valence-electron chi connectivity index (χ0n) is 10.2. The van der Waals surface area contributed by atoms with E-state index in [2.05, 4.69) is 56.0 Å². The van der Waals surface area contributed by atoms with Gasteiger partial charge in [0.05, 0.1) is 0 Å². The molecule has 0 heterocycles. The molecule has 17 heavy (non-hydrogen) atoms. The molecule has 0 saturated carbocycles. The summed E-state index contributed by atoms with van der Waals surface area (Å²) in [5.74, 6) is 0. The molecule has 0 spiro atoms. The Labute approximate surface area is 102 Å². The number of aryl methyl sites for hydroxylation is 1. The molecule has 0 N–H and O–H groups in total. The molecular formula is C17H16. The summed E-state index contributed by atoms with van der Waals surface area (Å²) in [5.41, 5.74) is 1.39. The minimum absolute atomic E-state index is 1.11. The molecule has 0 heteroatoms. The summed E-state index contributed by atoms with van der Waals surface area (Å²) in [7, 11) is 0. The summed E-state index contributed by atoms with van der Waals surface area (Å²) in [6.07, 6.45) is 2.28. The van der Waals surface area contributed by atoms with Gasteiger partial charge in [-0.3, -0.25) is 0 Å². The fraction of sp³-hybridized carbons (Fsp3) is 0.176. The van der Waals surface area contributed by atoms with Crippen molar-refractivity contribution in [3.63, 3.8) is 0 Å². The van der Waals surface area contributed by atoms with Crippen LogP contribution in [-0.2, 0) is 6.42 Å². The van der Waals surface area contributed by atoms with Crippen LogP contribution in [0.25, 0.3) is 28.1 Å². The third kappa shape index (κ3) is 1.52. The molecule has 3 rings (SSSR count).